The van der Waals surface area contributed by atoms with Crippen molar-refractivity contribution < 1.29 is 19.0 Å². The Balaban J connectivity index is 1.67. The SMILES string of the molecule is COc1ccc(/C=N/NC(=O)c2ccccc2OC)cc1OCc1ccc(C)cc1. The number of amides is 1. The van der Waals surface area contributed by atoms with Crippen LogP contribution in [0.25, 0.3) is 0 Å². The van der Waals surface area contributed by atoms with E-state index in [1.54, 1.807) is 43.7 Å². The average molecular weight is 404 g/mol. The number of methoxy groups -OCH3 is 2. The highest BCUT2D eigenvalue weighted by Crippen LogP contribution is 2.28. The number of benzene rings is 3. The van der Waals surface area contributed by atoms with Crippen LogP contribution in [0.2, 0.25) is 0 Å². The van der Waals surface area contributed by atoms with Crippen LogP contribution in [0.1, 0.15) is 27.0 Å². The van der Waals surface area contributed by atoms with Crippen molar-refractivity contribution in [1.29, 1.82) is 0 Å². The zero-order valence-electron chi connectivity index (χ0n) is 17.2. The number of para-hydroxylation sites is 1. The van der Waals surface area contributed by atoms with Crippen LogP contribution in [0.15, 0.2) is 71.8 Å². The Morgan fingerprint density at radius 1 is 0.933 bits per heavy atom. The van der Waals surface area contributed by atoms with E-state index in [1.165, 1.54) is 12.7 Å². The molecule has 0 saturated heterocycles. The third-order valence-electron chi connectivity index (χ3n) is 4.43. The van der Waals surface area contributed by atoms with Gasteiger partial charge in [0.15, 0.2) is 11.5 Å². The average Bonchev–Trinajstić information content (AvgIpc) is 2.78. The van der Waals surface area contributed by atoms with E-state index in [-0.39, 0.29) is 5.91 Å². The summed E-state index contributed by atoms with van der Waals surface area (Å²) in [6.45, 7) is 2.46. The maximum absolute atomic E-state index is 12.3. The summed E-state index contributed by atoms with van der Waals surface area (Å²) in [6.07, 6.45) is 1.55. The molecule has 0 aromatic heterocycles. The van der Waals surface area contributed by atoms with Gasteiger partial charge in [-0.3, -0.25) is 4.79 Å². The summed E-state index contributed by atoms with van der Waals surface area (Å²) in [5, 5.41) is 4.04. The molecule has 154 valence electrons. The highest BCUT2D eigenvalue weighted by atomic mass is 16.5. The van der Waals surface area contributed by atoms with Crippen molar-refractivity contribution in [2.45, 2.75) is 13.5 Å². The fraction of sp³-hybridized carbons (Fsp3) is 0.167. The van der Waals surface area contributed by atoms with Crippen LogP contribution in [-0.4, -0.2) is 26.3 Å². The van der Waals surface area contributed by atoms with Crippen molar-refractivity contribution in [3.63, 3.8) is 0 Å². The number of carbonyl (C=O) groups excluding carboxylic acids is 1. The van der Waals surface area contributed by atoms with Gasteiger partial charge in [0.25, 0.3) is 5.91 Å². The predicted octanol–water partition coefficient (Wildman–Crippen LogP) is 4.36. The van der Waals surface area contributed by atoms with Crippen molar-refractivity contribution >= 4 is 12.1 Å². The Labute approximate surface area is 176 Å². The van der Waals surface area contributed by atoms with Crippen LogP contribution in [0.3, 0.4) is 0 Å². The Kier molecular flexibility index (Phi) is 7.05. The highest BCUT2D eigenvalue weighted by Gasteiger charge is 2.10. The molecule has 0 aliphatic rings. The molecule has 0 radical (unpaired) electrons. The van der Waals surface area contributed by atoms with Gasteiger partial charge in [-0.2, -0.15) is 5.10 Å². The molecule has 0 heterocycles. The number of hydrogen-bond acceptors (Lipinski definition) is 5. The molecule has 6 heteroatoms. The lowest BCUT2D eigenvalue weighted by Crippen LogP contribution is -2.18. The second-order valence-corrected chi connectivity index (χ2v) is 6.58. The van der Waals surface area contributed by atoms with Crippen LogP contribution in [0.5, 0.6) is 17.2 Å². The van der Waals surface area contributed by atoms with Gasteiger partial charge in [0.05, 0.1) is 26.0 Å². The van der Waals surface area contributed by atoms with Crippen LogP contribution in [0.4, 0.5) is 0 Å². The minimum atomic E-state index is -0.354. The number of aryl methyl sites for hydroxylation is 1. The van der Waals surface area contributed by atoms with Gasteiger partial charge in [-0.15, -0.1) is 0 Å². The molecule has 0 aliphatic carbocycles. The quantitative estimate of drug-likeness (QED) is 0.448. The largest absolute Gasteiger partial charge is 0.496 e. The first-order valence-corrected chi connectivity index (χ1v) is 9.43. The highest BCUT2D eigenvalue weighted by molar-refractivity contribution is 5.97. The van der Waals surface area contributed by atoms with Crippen molar-refractivity contribution in [1.82, 2.24) is 5.43 Å². The zero-order chi connectivity index (χ0) is 21.3. The van der Waals surface area contributed by atoms with E-state index in [1.807, 2.05) is 43.3 Å². The van der Waals surface area contributed by atoms with Crippen LogP contribution >= 0.6 is 0 Å². The van der Waals surface area contributed by atoms with Crippen LogP contribution in [0, 0.1) is 6.92 Å². The summed E-state index contributed by atoms with van der Waals surface area (Å²) >= 11 is 0. The molecule has 3 rings (SSSR count). The molecule has 0 spiro atoms. The summed E-state index contributed by atoms with van der Waals surface area (Å²) in [5.41, 5.74) is 5.94. The van der Waals surface area contributed by atoms with Crippen molar-refractivity contribution in [3.05, 3.63) is 89.0 Å². The van der Waals surface area contributed by atoms with Gasteiger partial charge in [-0.05, 0) is 48.4 Å². The summed E-state index contributed by atoms with van der Waals surface area (Å²) in [5.74, 6) is 1.35. The maximum atomic E-state index is 12.3. The van der Waals surface area contributed by atoms with Gasteiger partial charge >= 0.3 is 0 Å². The molecule has 30 heavy (non-hydrogen) atoms. The molecule has 1 N–H and O–H groups in total. The molecule has 0 fully saturated rings. The first-order chi connectivity index (χ1) is 14.6. The lowest BCUT2D eigenvalue weighted by molar-refractivity contribution is 0.0952. The third-order valence-corrected chi connectivity index (χ3v) is 4.43. The normalized spacial score (nSPS) is 10.6. The molecule has 0 saturated carbocycles. The first-order valence-electron chi connectivity index (χ1n) is 9.43. The molecule has 1 amide bonds. The fourth-order valence-corrected chi connectivity index (χ4v) is 2.79. The van der Waals surface area contributed by atoms with E-state index in [2.05, 4.69) is 10.5 Å². The monoisotopic (exact) mass is 404 g/mol. The Morgan fingerprint density at radius 3 is 2.40 bits per heavy atom. The summed E-state index contributed by atoms with van der Waals surface area (Å²) < 4.78 is 16.5. The van der Waals surface area contributed by atoms with E-state index < -0.39 is 0 Å². The Hall–Kier alpha value is -3.80. The number of carbonyl (C=O) groups is 1. The van der Waals surface area contributed by atoms with Gasteiger partial charge in [-0.1, -0.05) is 42.0 Å². The number of nitrogens with zero attached hydrogens (tertiary/aromatic N) is 1. The van der Waals surface area contributed by atoms with E-state index in [0.29, 0.717) is 29.4 Å². The smallest absolute Gasteiger partial charge is 0.275 e. The first kappa shape index (κ1) is 20.9. The summed E-state index contributed by atoms with van der Waals surface area (Å²) in [4.78, 5) is 12.3. The number of hydrazone groups is 1. The molecule has 0 unspecified atom stereocenters. The van der Waals surface area contributed by atoms with Crippen LogP contribution in [-0.2, 0) is 6.61 Å². The van der Waals surface area contributed by atoms with E-state index in [4.69, 9.17) is 14.2 Å². The number of rotatable bonds is 8. The second kappa shape index (κ2) is 10.1. The molecular weight excluding hydrogens is 380 g/mol. The van der Waals surface area contributed by atoms with Gasteiger partial charge in [0.2, 0.25) is 0 Å². The topological polar surface area (TPSA) is 69.2 Å². The standard InChI is InChI=1S/C24H24N2O4/c1-17-8-10-18(11-9-17)16-30-23-14-19(12-13-22(23)29-3)15-25-26-24(27)20-6-4-5-7-21(20)28-2/h4-15H,16H2,1-3H3,(H,26,27)/b25-15+. The molecule has 3 aromatic rings. The minimum Gasteiger partial charge on any atom is -0.496 e. The number of hydrogen-bond donors (Lipinski definition) is 1. The molecule has 0 atom stereocenters. The van der Waals surface area contributed by atoms with Crippen molar-refractivity contribution in [2.24, 2.45) is 5.10 Å². The van der Waals surface area contributed by atoms with E-state index in [9.17, 15) is 4.79 Å². The third kappa shape index (κ3) is 5.38. The van der Waals surface area contributed by atoms with Gasteiger partial charge in [0.1, 0.15) is 12.4 Å². The molecule has 0 bridgehead atoms. The predicted molar refractivity (Wildman–Crippen MR) is 117 cm³/mol. The Morgan fingerprint density at radius 2 is 1.67 bits per heavy atom. The Bertz CT molecular complexity index is 1030. The van der Waals surface area contributed by atoms with Crippen molar-refractivity contribution in [2.75, 3.05) is 14.2 Å². The maximum Gasteiger partial charge on any atom is 0.275 e. The lowest BCUT2D eigenvalue weighted by atomic mass is 10.1. The number of ether oxygens (including phenoxy) is 3. The van der Waals surface area contributed by atoms with Gasteiger partial charge in [0, 0.05) is 0 Å². The zero-order valence-corrected chi connectivity index (χ0v) is 17.2. The summed E-state index contributed by atoms with van der Waals surface area (Å²) in [7, 11) is 3.11. The van der Waals surface area contributed by atoms with E-state index in [0.717, 1.165) is 11.1 Å². The van der Waals surface area contributed by atoms with Gasteiger partial charge < -0.3 is 14.2 Å². The van der Waals surface area contributed by atoms with Crippen LogP contribution < -0.4 is 19.6 Å². The second-order valence-electron chi connectivity index (χ2n) is 6.58. The van der Waals surface area contributed by atoms with E-state index >= 15 is 0 Å². The molecular formula is C24H24N2O4. The lowest BCUT2D eigenvalue weighted by Gasteiger charge is -2.11. The molecule has 0 aliphatic heterocycles. The van der Waals surface area contributed by atoms with Gasteiger partial charge in [-0.25, -0.2) is 5.43 Å². The minimum absolute atomic E-state index is 0.354. The van der Waals surface area contributed by atoms with Crippen molar-refractivity contribution in [3.8, 4) is 17.2 Å². The summed E-state index contributed by atoms with van der Waals surface area (Å²) in [6, 6.07) is 20.5. The fourth-order valence-electron chi connectivity index (χ4n) is 2.79. The molecule has 6 nitrogen and oxygen atoms in total. The molecule has 3 aromatic carbocycles. The number of nitrogens with one attached hydrogen (secondary N) is 1.